The molecule has 88 valence electrons. The van der Waals surface area contributed by atoms with Crippen LogP contribution in [0.2, 0.25) is 5.02 Å². The highest BCUT2D eigenvalue weighted by atomic mass is 35.5. The van der Waals surface area contributed by atoms with Crippen LogP contribution in [0.15, 0.2) is 18.2 Å². The molecular formula is C12H8ClN5. The first-order chi connectivity index (χ1) is 8.65. The van der Waals surface area contributed by atoms with Gasteiger partial charge in [-0.05, 0) is 18.6 Å². The molecule has 0 aliphatic heterocycles. The highest BCUT2D eigenvalue weighted by Crippen LogP contribution is 2.27. The van der Waals surface area contributed by atoms with Gasteiger partial charge in [0, 0.05) is 0 Å². The molecule has 0 saturated carbocycles. The van der Waals surface area contributed by atoms with Crippen LogP contribution in [-0.4, -0.2) is 9.97 Å². The Morgan fingerprint density at radius 3 is 2.67 bits per heavy atom. The largest absolute Gasteiger partial charge is 0.324 e. The number of aromatic amines is 1. The van der Waals surface area contributed by atoms with E-state index in [1.165, 1.54) is 0 Å². The SMILES string of the molecule is Cc1cccc(Cl)c1Nc1nc(C#N)c(C#N)[nH]1. The molecule has 2 aromatic rings. The lowest BCUT2D eigenvalue weighted by Gasteiger charge is -2.08. The van der Waals surface area contributed by atoms with Gasteiger partial charge in [-0.2, -0.15) is 10.5 Å². The van der Waals surface area contributed by atoms with Crippen molar-refractivity contribution in [3.8, 4) is 12.1 Å². The van der Waals surface area contributed by atoms with Crippen LogP contribution in [0.3, 0.4) is 0 Å². The lowest BCUT2D eigenvalue weighted by Crippen LogP contribution is -1.95. The predicted octanol–water partition coefficient (Wildman–Crippen LogP) is 2.86. The number of aromatic nitrogens is 2. The summed E-state index contributed by atoms with van der Waals surface area (Å²) in [7, 11) is 0. The van der Waals surface area contributed by atoms with Crippen LogP contribution >= 0.6 is 11.6 Å². The number of nitriles is 2. The maximum atomic E-state index is 8.81. The van der Waals surface area contributed by atoms with Crippen molar-refractivity contribution in [3.63, 3.8) is 0 Å². The number of anilines is 2. The van der Waals surface area contributed by atoms with E-state index in [1.54, 1.807) is 6.07 Å². The van der Waals surface area contributed by atoms with Crippen LogP contribution < -0.4 is 5.32 Å². The quantitative estimate of drug-likeness (QED) is 0.866. The van der Waals surface area contributed by atoms with Crippen molar-refractivity contribution in [2.24, 2.45) is 0 Å². The van der Waals surface area contributed by atoms with Gasteiger partial charge in [0.05, 0.1) is 10.7 Å². The first-order valence-corrected chi connectivity index (χ1v) is 5.46. The number of rotatable bonds is 2. The van der Waals surface area contributed by atoms with Crippen molar-refractivity contribution < 1.29 is 0 Å². The topological polar surface area (TPSA) is 88.3 Å². The fourth-order valence-corrected chi connectivity index (χ4v) is 1.77. The summed E-state index contributed by atoms with van der Waals surface area (Å²) in [4.78, 5) is 6.69. The van der Waals surface area contributed by atoms with Gasteiger partial charge in [0.1, 0.15) is 12.1 Å². The lowest BCUT2D eigenvalue weighted by atomic mass is 10.2. The van der Waals surface area contributed by atoms with Gasteiger partial charge in [-0.3, -0.25) is 0 Å². The molecule has 0 unspecified atom stereocenters. The second-order valence-electron chi connectivity index (χ2n) is 3.59. The van der Waals surface area contributed by atoms with Crippen LogP contribution in [0.25, 0.3) is 0 Å². The molecular weight excluding hydrogens is 250 g/mol. The Labute approximate surface area is 109 Å². The number of aryl methyl sites for hydroxylation is 1. The van der Waals surface area contributed by atoms with Crippen molar-refractivity contribution in [2.45, 2.75) is 6.92 Å². The summed E-state index contributed by atoms with van der Waals surface area (Å²) in [6.45, 7) is 1.90. The third kappa shape index (κ3) is 2.13. The molecule has 0 radical (unpaired) electrons. The van der Waals surface area contributed by atoms with E-state index in [0.29, 0.717) is 16.7 Å². The predicted molar refractivity (Wildman–Crippen MR) is 67.5 cm³/mol. The van der Waals surface area contributed by atoms with Gasteiger partial charge < -0.3 is 10.3 Å². The monoisotopic (exact) mass is 257 g/mol. The molecule has 1 aromatic carbocycles. The zero-order chi connectivity index (χ0) is 13.1. The summed E-state index contributed by atoms with van der Waals surface area (Å²) in [5.41, 5.74) is 1.83. The Morgan fingerprint density at radius 2 is 2.11 bits per heavy atom. The Morgan fingerprint density at radius 1 is 1.33 bits per heavy atom. The minimum absolute atomic E-state index is 0.0599. The molecule has 2 N–H and O–H groups in total. The molecule has 1 heterocycles. The second kappa shape index (κ2) is 4.79. The average molecular weight is 258 g/mol. The summed E-state index contributed by atoms with van der Waals surface area (Å²) in [5, 5.41) is 21.1. The van der Waals surface area contributed by atoms with E-state index in [9.17, 15) is 0 Å². The number of nitrogens with zero attached hydrogens (tertiary/aromatic N) is 3. The van der Waals surface area contributed by atoms with Gasteiger partial charge in [0.15, 0.2) is 11.4 Å². The minimum atomic E-state index is 0.0599. The average Bonchev–Trinajstić information content (AvgIpc) is 2.76. The zero-order valence-electron chi connectivity index (χ0n) is 9.45. The van der Waals surface area contributed by atoms with Crippen molar-refractivity contribution in [3.05, 3.63) is 40.2 Å². The molecule has 0 spiro atoms. The zero-order valence-corrected chi connectivity index (χ0v) is 10.2. The molecule has 1 aromatic heterocycles. The summed E-state index contributed by atoms with van der Waals surface area (Å²) in [6, 6.07) is 9.19. The molecule has 18 heavy (non-hydrogen) atoms. The van der Waals surface area contributed by atoms with Gasteiger partial charge in [-0.1, -0.05) is 23.7 Å². The molecule has 0 bridgehead atoms. The van der Waals surface area contributed by atoms with Crippen LogP contribution in [0, 0.1) is 29.6 Å². The third-order valence-corrected chi connectivity index (χ3v) is 2.70. The summed E-state index contributed by atoms with van der Waals surface area (Å²) in [5.74, 6) is 0.319. The summed E-state index contributed by atoms with van der Waals surface area (Å²) >= 11 is 6.06. The highest BCUT2D eigenvalue weighted by Gasteiger charge is 2.11. The molecule has 6 heteroatoms. The van der Waals surface area contributed by atoms with Crippen molar-refractivity contribution in [2.75, 3.05) is 5.32 Å². The van der Waals surface area contributed by atoms with E-state index >= 15 is 0 Å². The summed E-state index contributed by atoms with van der Waals surface area (Å²) in [6.07, 6.45) is 0. The van der Waals surface area contributed by atoms with Gasteiger partial charge in [-0.25, -0.2) is 4.98 Å². The van der Waals surface area contributed by atoms with Crippen molar-refractivity contribution in [1.82, 2.24) is 9.97 Å². The van der Waals surface area contributed by atoms with Gasteiger partial charge in [0.2, 0.25) is 5.95 Å². The number of hydrogen-bond acceptors (Lipinski definition) is 4. The second-order valence-corrected chi connectivity index (χ2v) is 4.00. The smallest absolute Gasteiger partial charge is 0.207 e. The number of imidazole rings is 1. The van der Waals surface area contributed by atoms with Gasteiger partial charge >= 0.3 is 0 Å². The Bertz CT molecular complexity index is 623. The van der Waals surface area contributed by atoms with Crippen molar-refractivity contribution >= 4 is 23.2 Å². The van der Waals surface area contributed by atoms with Crippen LogP contribution in [0.5, 0.6) is 0 Å². The molecule has 0 saturated heterocycles. The molecule has 0 atom stereocenters. The van der Waals surface area contributed by atoms with E-state index in [2.05, 4.69) is 15.3 Å². The Balaban J connectivity index is 2.39. The normalized spacial score (nSPS) is 9.56. The maximum absolute atomic E-state index is 8.81. The molecule has 0 amide bonds. The third-order valence-electron chi connectivity index (χ3n) is 2.39. The standard InChI is InChI=1S/C12H8ClN5/c1-7-3-2-4-8(13)11(7)18-12-16-9(5-14)10(6-15)17-12/h2-4H,1H3,(H2,16,17,18). The van der Waals surface area contributed by atoms with E-state index in [0.717, 1.165) is 5.56 Å². The van der Waals surface area contributed by atoms with E-state index < -0.39 is 0 Å². The molecule has 0 fully saturated rings. The first-order valence-electron chi connectivity index (χ1n) is 5.08. The van der Waals surface area contributed by atoms with Crippen LogP contribution in [0.1, 0.15) is 17.0 Å². The lowest BCUT2D eigenvalue weighted by molar-refractivity contribution is 1.26. The molecule has 5 nitrogen and oxygen atoms in total. The Hall–Kier alpha value is -2.50. The van der Waals surface area contributed by atoms with E-state index in [1.807, 2.05) is 31.2 Å². The van der Waals surface area contributed by atoms with Crippen molar-refractivity contribution in [1.29, 1.82) is 10.5 Å². The highest BCUT2D eigenvalue weighted by molar-refractivity contribution is 6.33. The van der Waals surface area contributed by atoms with E-state index in [-0.39, 0.29) is 11.4 Å². The number of H-pyrrole nitrogens is 1. The molecule has 0 aliphatic carbocycles. The fraction of sp³-hybridized carbons (Fsp3) is 0.0833. The van der Waals surface area contributed by atoms with Crippen LogP contribution in [0.4, 0.5) is 11.6 Å². The molecule has 2 rings (SSSR count). The number of para-hydroxylation sites is 1. The van der Waals surface area contributed by atoms with Gasteiger partial charge in [-0.15, -0.1) is 0 Å². The number of halogens is 1. The molecule has 0 aliphatic rings. The minimum Gasteiger partial charge on any atom is -0.324 e. The van der Waals surface area contributed by atoms with E-state index in [4.69, 9.17) is 22.1 Å². The van der Waals surface area contributed by atoms with Crippen LogP contribution in [-0.2, 0) is 0 Å². The number of benzene rings is 1. The maximum Gasteiger partial charge on any atom is 0.207 e. The number of nitrogens with one attached hydrogen (secondary N) is 2. The van der Waals surface area contributed by atoms with Gasteiger partial charge in [0.25, 0.3) is 0 Å². The summed E-state index contributed by atoms with van der Waals surface area (Å²) < 4.78 is 0. The first kappa shape index (κ1) is 12.0. The number of hydrogen-bond donors (Lipinski definition) is 2. The fourth-order valence-electron chi connectivity index (χ4n) is 1.50. The Kier molecular flexibility index (Phi) is 3.18.